The standard InChI is InChI=1S/C19H15N5O2S/c25-16(11-27-19-22-17-14(10-20-24-17)18(26)23-19)21-15-9-5-4-8-13(15)12-6-2-1-3-7-12/h1-10H,11H2,(H,21,25)(H2,20,22,23,24,26). The van der Waals surface area contributed by atoms with Crippen molar-refractivity contribution in [3.8, 4) is 11.1 Å². The zero-order valence-corrected chi connectivity index (χ0v) is 14.9. The number of hydrogen-bond acceptors (Lipinski definition) is 5. The van der Waals surface area contributed by atoms with Gasteiger partial charge in [-0.3, -0.25) is 14.7 Å². The molecular formula is C19H15N5O2S. The first-order valence-electron chi connectivity index (χ1n) is 8.21. The van der Waals surface area contributed by atoms with Crippen LogP contribution in [0.3, 0.4) is 0 Å². The van der Waals surface area contributed by atoms with Crippen LogP contribution < -0.4 is 10.9 Å². The van der Waals surface area contributed by atoms with Gasteiger partial charge in [-0.05, 0) is 11.6 Å². The lowest BCUT2D eigenvalue weighted by atomic mass is 10.0. The van der Waals surface area contributed by atoms with Gasteiger partial charge in [-0.15, -0.1) is 0 Å². The summed E-state index contributed by atoms with van der Waals surface area (Å²) < 4.78 is 0. The van der Waals surface area contributed by atoms with Crippen LogP contribution in [0.5, 0.6) is 0 Å². The number of fused-ring (bicyclic) bond motifs is 1. The van der Waals surface area contributed by atoms with E-state index in [1.165, 1.54) is 6.20 Å². The van der Waals surface area contributed by atoms with Gasteiger partial charge in [0.1, 0.15) is 5.39 Å². The maximum atomic E-state index is 12.4. The van der Waals surface area contributed by atoms with Crippen LogP contribution in [0.25, 0.3) is 22.2 Å². The Bertz CT molecular complexity index is 1150. The van der Waals surface area contributed by atoms with Crippen molar-refractivity contribution in [1.82, 2.24) is 20.2 Å². The van der Waals surface area contributed by atoms with Gasteiger partial charge in [-0.25, -0.2) is 4.98 Å². The summed E-state index contributed by atoms with van der Waals surface area (Å²) in [5, 5.41) is 10.1. The predicted octanol–water partition coefficient (Wildman–Crippen LogP) is 3.04. The monoisotopic (exact) mass is 377 g/mol. The summed E-state index contributed by atoms with van der Waals surface area (Å²) in [4.78, 5) is 31.2. The third-order valence-corrected chi connectivity index (χ3v) is 4.80. The van der Waals surface area contributed by atoms with Crippen LogP contribution in [0.4, 0.5) is 5.69 Å². The third-order valence-electron chi connectivity index (χ3n) is 3.92. The molecule has 8 heteroatoms. The van der Waals surface area contributed by atoms with Gasteiger partial charge in [-0.1, -0.05) is 60.3 Å². The Balaban J connectivity index is 1.48. The number of thioether (sulfide) groups is 1. The van der Waals surface area contributed by atoms with E-state index in [1.54, 1.807) is 0 Å². The highest BCUT2D eigenvalue weighted by atomic mass is 32.2. The number of aromatic nitrogens is 4. The number of H-pyrrole nitrogens is 2. The lowest BCUT2D eigenvalue weighted by Crippen LogP contribution is -2.16. The minimum Gasteiger partial charge on any atom is -0.325 e. The van der Waals surface area contributed by atoms with Crippen LogP contribution in [0.1, 0.15) is 0 Å². The van der Waals surface area contributed by atoms with Crippen LogP contribution >= 0.6 is 11.8 Å². The van der Waals surface area contributed by atoms with E-state index in [0.29, 0.717) is 16.2 Å². The summed E-state index contributed by atoms with van der Waals surface area (Å²) >= 11 is 1.16. The first kappa shape index (κ1) is 17.0. The van der Waals surface area contributed by atoms with Crippen LogP contribution in [-0.2, 0) is 4.79 Å². The fourth-order valence-electron chi connectivity index (χ4n) is 2.67. The molecule has 0 atom stereocenters. The van der Waals surface area contributed by atoms with E-state index in [-0.39, 0.29) is 17.2 Å². The molecule has 7 nitrogen and oxygen atoms in total. The van der Waals surface area contributed by atoms with Crippen molar-refractivity contribution in [2.45, 2.75) is 5.16 Å². The number of hydrogen-bond donors (Lipinski definition) is 3. The summed E-state index contributed by atoms with van der Waals surface area (Å²) in [7, 11) is 0. The Labute approximate surface area is 158 Å². The van der Waals surface area contributed by atoms with Crippen LogP contribution in [0, 0.1) is 0 Å². The summed E-state index contributed by atoms with van der Waals surface area (Å²) in [5.74, 6) is -0.0677. The van der Waals surface area contributed by atoms with Crippen LogP contribution in [0.15, 0.2) is 70.7 Å². The second-order valence-electron chi connectivity index (χ2n) is 5.75. The van der Waals surface area contributed by atoms with Crippen molar-refractivity contribution >= 4 is 34.4 Å². The molecule has 0 radical (unpaired) electrons. The van der Waals surface area contributed by atoms with Gasteiger partial charge in [0.15, 0.2) is 10.8 Å². The number of carbonyl (C=O) groups excluding carboxylic acids is 1. The average molecular weight is 377 g/mol. The molecule has 4 aromatic rings. The molecule has 0 saturated carbocycles. The molecule has 0 aliphatic rings. The maximum absolute atomic E-state index is 12.4. The molecule has 134 valence electrons. The highest BCUT2D eigenvalue weighted by molar-refractivity contribution is 7.99. The van der Waals surface area contributed by atoms with E-state index in [4.69, 9.17) is 0 Å². The van der Waals surface area contributed by atoms with Gasteiger partial charge in [0.2, 0.25) is 5.91 Å². The zero-order valence-electron chi connectivity index (χ0n) is 14.1. The molecule has 3 N–H and O–H groups in total. The molecule has 1 amide bonds. The molecule has 2 heterocycles. The van der Waals surface area contributed by atoms with E-state index in [2.05, 4.69) is 25.5 Å². The van der Waals surface area contributed by atoms with E-state index in [1.807, 2.05) is 54.6 Å². The number of para-hydroxylation sites is 1. The lowest BCUT2D eigenvalue weighted by molar-refractivity contribution is -0.113. The van der Waals surface area contributed by atoms with E-state index >= 15 is 0 Å². The van der Waals surface area contributed by atoms with E-state index < -0.39 is 0 Å². The fourth-order valence-corrected chi connectivity index (χ4v) is 3.34. The van der Waals surface area contributed by atoms with Gasteiger partial charge < -0.3 is 10.3 Å². The molecule has 0 bridgehead atoms. The zero-order chi connectivity index (χ0) is 18.6. The Hall–Kier alpha value is -3.39. The van der Waals surface area contributed by atoms with Crippen molar-refractivity contribution in [3.63, 3.8) is 0 Å². The third kappa shape index (κ3) is 3.75. The molecule has 2 aromatic heterocycles. The number of aromatic amines is 2. The van der Waals surface area contributed by atoms with Gasteiger partial charge >= 0.3 is 0 Å². The number of nitrogens with one attached hydrogen (secondary N) is 3. The molecule has 4 rings (SSSR count). The maximum Gasteiger partial charge on any atom is 0.262 e. The highest BCUT2D eigenvalue weighted by Gasteiger charge is 2.11. The molecule has 0 fully saturated rings. The SMILES string of the molecule is O=C(CSc1nc2[nH]ncc2c(=O)[nH]1)Nc1ccccc1-c1ccccc1. The van der Waals surface area contributed by atoms with Gasteiger partial charge in [0, 0.05) is 11.3 Å². The topological polar surface area (TPSA) is 104 Å². The summed E-state index contributed by atoms with van der Waals surface area (Å²) in [5.41, 5.74) is 2.82. The smallest absolute Gasteiger partial charge is 0.262 e. The second-order valence-corrected chi connectivity index (χ2v) is 6.72. The molecule has 0 spiro atoms. The minimum absolute atomic E-state index is 0.117. The summed E-state index contributed by atoms with van der Waals surface area (Å²) in [6, 6.07) is 17.5. The Morgan fingerprint density at radius 2 is 1.85 bits per heavy atom. The number of anilines is 1. The Morgan fingerprint density at radius 1 is 1.07 bits per heavy atom. The normalized spacial score (nSPS) is 10.8. The molecular weight excluding hydrogens is 362 g/mol. The Kier molecular flexibility index (Phi) is 4.71. The number of nitrogens with zero attached hydrogens (tertiary/aromatic N) is 2. The molecule has 0 unspecified atom stereocenters. The molecule has 0 saturated heterocycles. The minimum atomic E-state index is -0.286. The predicted molar refractivity (Wildman–Crippen MR) is 106 cm³/mol. The fraction of sp³-hybridized carbons (Fsp3) is 0.0526. The van der Waals surface area contributed by atoms with Crippen molar-refractivity contribution < 1.29 is 4.79 Å². The van der Waals surface area contributed by atoms with Crippen molar-refractivity contribution in [1.29, 1.82) is 0 Å². The molecule has 0 aliphatic heterocycles. The van der Waals surface area contributed by atoms with E-state index in [9.17, 15) is 9.59 Å². The summed E-state index contributed by atoms with van der Waals surface area (Å²) in [6.07, 6.45) is 1.42. The van der Waals surface area contributed by atoms with Crippen molar-refractivity contribution in [3.05, 3.63) is 71.1 Å². The highest BCUT2D eigenvalue weighted by Crippen LogP contribution is 2.27. The number of amides is 1. The largest absolute Gasteiger partial charge is 0.325 e. The Morgan fingerprint density at radius 3 is 2.70 bits per heavy atom. The lowest BCUT2D eigenvalue weighted by Gasteiger charge is -2.11. The van der Waals surface area contributed by atoms with Crippen LogP contribution in [-0.4, -0.2) is 31.8 Å². The number of benzene rings is 2. The van der Waals surface area contributed by atoms with Crippen LogP contribution in [0.2, 0.25) is 0 Å². The average Bonchev–Trinajstić information content (AvgIpc) is 3.17. The first-order chi connectivity index (χ1) is 13.2. The summed E-state index contributed by atoms with van der Waals surface area (Å²) in [6.45, 7) is 0. The van der Waals surface area contributed by atoms with Gasteiger partial charge in [0.25, 0.3) is 5.56 Å². The van der Waals surface area contributed by atoms with Gasteiger partial charge in [-0.2, -0.15) is 5.10 Å². The molecule has 0 aliphatic carbocycles. The molecule has 27 heavy (non-hydrogen) atoms. The first-order valence-corrected chi connectivity index (χ1v) is 9.20. The number of rotatable bonds is 5. The van der Waals surface area contributed by atoms with Gasteiger partial charge in [0.05, 0.1) is 11.9 Å². The van der Waals surface area contributed by atoms with Crippen molar-refractivity contribution in [2.24, 2.45) is 0 Å². The molecule has 2 aromatic carbocycles. The number of carbonyl (C=O) groups is 1. The second kappa shape index (κ2) is 7.46. The quantitative estimate of drug-likeness (QED) is 0.366. The van der Waals surface area contributed by atoms with E-state index in [0.717, 1.165) is 28.6 Å². The van der Waals surface area contributed by atoms with Crippen molar-refractivity contribution in [2.75, 3.05) is 11.1 Å².